The van der Waals surface area contributed by atoms with Crippen LogP contribution in [0.4, 0.5) is 11.4 Å². The maximum Gasteiger partial charge on any atom is 0.350 e. The molecule has 2 heterocycles. The average molecular weight is 539 g/mol. The molecule has 4 rings (SSSR count). The molecule has 0 unspecified atom stereocenters. The lowest BCUT2D eigenvalue weighted by atomic mass is 9.82. The Bertz CT molecular complexity index is 1270. The molecule has 0 spiro atoms. The SMILES string of the molecule is COCCN(c1cc(-c2ccc(NC(=O)c3cn(C)cn3)cc2)sc1C(=O)OC)C(=O)[C@H]1CC[C@H](C)CC1. The Hall–Kier alpha value is -3.50. The fourth-order valence-electron chi connectivity index (χ4n) is 4.67. The highest BCUT2D eigenvalue weighted by Crippen LogP contribution is 2.39. The van der Waals surface area contributed by atoms with Crippen molar-refractivity contribution < 1.29 is 23.9 Å². The van der Waals surface area contributed by atoms with E-state index in [9.17, 15) is 14.4 Å². The van der Waals surface area contributed by atoms with Gasteiger partial charge >= 0.3 is 5.97 Å². The van der Waals surface area contributed by atoms with Gasteiger partial charge in [0.2, 0.25) is 5.91 Å². The fourth-order valence-corrected chi connectivity index (χ4v) is 5.75. The van der Waals surface area contributed by atoms with Crippen molar-refractivity contribution in [3.63, 3.8) is 0 Å². The Morgan fingerprint density at radius 1 is 1.13 bits per heavy atom. The van der Waals surface area contributed by atoms with Gasteiger partial charge in [0.1, 0.15) is 10.6 Å². The van der Waals surface area contributed by atoms with Crippen LogP contribution in [0, 0.1) is 11.8 Å². The van der Waals surface area contributed by atoms with E-state index in [4.69, 9.17) is 9.47 Å². The summed E-state index contributed by atoms with van der Waals surface area (Å²) >= 11 is 1.28. The van der Waals surface area contributed by atoms with Crippen molar-refractivity contribution in [2.24, 2.45) is 18.9 Å². The number of methoxy groups -OCH3 is 2. The third kappa shape index (κ3) is 6.31. The molecule has 9 nitrogen and oxygen atoms in total. The number of aromatic nitrogens is 2. The number of amides is 2. The lowest BCUT2D eigenvalue weighted by Gasteiger charge is -2.31. The van der Waals surface area contributed by atoms with E-state index >= 15 is 0 Å². The van der Waals surface area contributed by atoms with Crippen molar-refractivity contribution in [3.05, 3.63) is 53.4 Å². The highest BCUT2D eigenvalue weighted by atomic mass is 32.1. The molecule has 3 aromatic rings. The van der Waals surface area contributed by atoms with Crippen molar-refractivity contribution >= 4 is 40.5 Å². The molecule has 0 radical (unpaired) electrons. The van der Waals surface area contributed by atoms with E-state index in [2.05, 4.69) is 17.2 Å². The molecule has 1 aliphatic rings. The monoisotopic (exact) mass is 538 g/mol. The first-order valence-electron chi connectivity index (χ1n) is 12.7. The summed E-state index contributed by atoms with van der Waals surface area (Å²) in [5.41, 5.74) is 2.35. The molecule has 0 bridgehead atoms. The Labute approximate surface area is 226 Å². The second-order valence-corrected chi connectivity index (χ2v) is 10.8. The van der Waals surface area contributed by atoms with Crippen LogP contribution < -0.4 is 10.2 Å². The number of thiophene rings is 1. The van der Waals surface area contributed by atoms with Crippen LogP contribution in [-0.4, -0.2) is 54.7 Å². The first-order chi connectivity index (χ1) is 18.3. The second kappa shape index (κ2) is 12.4. The van der Waals surface area contributed by atoms with Crippen LogP contribution in [0.3, 0.4) is 0 Å². The Balaban J connectivity index is 1.60. The molecule has 0 atom stereocenters. The highest BCUT2D eigenvalue weighted by molar-refractivity contribution is 7.18. The fraction of sp³-hybridized carbons (Fsp3) is 0.429. The summed E-state index contributed by atoms with van der Waals surface area (Å²) in [4.78, 5) is 45.8. The first kappa shape index (κ1) is 27.5. The number of aryl methyl sites for hydroxylation is 1. The smallest absolute Gasteiger partial charge is 0.350 e. The van der Waals surface area contributed by atoms with Crippen LogP contribution >= 0.6 is 11.3 Å². The molecule has 10 heteroatoms. The molecular formula is C28H34N4O5S. The van der Waals surface area contributed by atoms with Gasteiger partial charge in [0.25, 0.3) is 5.91 Å². The Morgan fingerprint density at radius 3 is 2.45 bits per heavy atom. The number of benzene rings is 1. The van der Waals surface area contributed by atoms with Gasteiger partial charge in [0, 0.05) is 43.4 Å². The van der Waals surface area contributed by atoms with Gasteiger partial charge in [0.15, 0.2) is 0 Å². The van der Waals surface area contributed by atoms with E-state index in [-0.39, 0.29) is 17.7 Å². The number of ether oxygens (including phenoxy) is 2. The predicted molar refractivity (Wildman–Crippen MR) is 148 cm³/mol. The van der Waals surface area contributed by atoms with Gasteiger partial charge in [-0.05, 0) is 55.4 Å². The standard InChI is InChI=1S/C28H34N4O5S/c1-18-5-7-20(8-6-18)27(34)32(13-14-36-3)23-15-24(38-25(23)28(35)37-4)19-9-11-21(12-10-19)30-26(33)22-16-31(2)17-29-22/h9-12,15-18,20H,5-8,13-14H2,1-4H3,(H,30,33)/t18-,20-. The minimum Gasteiger partial charge on any atom is -0.465 e. The van der Waals surface area contributed by atoms with Crippen molar-refractivity contribution in [1.82, 2.24) is 9.55 Å². The maximum atomic E-state index is 13.7. The zero-order valence-electron chi connectivity index (χ0n) is 22.2. The van der Waals surface area contributed by atoms with Crippen LogP contribution in [0.5, 0.6) is 0 Å². The summed E-state index contributed by atoms with van der Waals surface area (Å²) in [5, 5.41) is 2.84. The van der Waals surface area contributed by atoms with Gasteiger partial charge < -0.3 is 24.3 Å². The van der Waals surface area contributed by atoms with Gasteiger partial charge in [-0.2, -0.15) is 0 Å². The largest absolute Gasteiger partial charge is 0.465 e. The molecule has 38 heavy (non-hydrogen) atoms. The number of rotatable bonds is 9. The number of esters is 1. The maximum absolute atomic E-state index is 13.7. The molecule has 202 valence electrons. The van der Waals surface area contributed by atoms with Crippen molar-refractivity contribution in [2.75, 3.05) is 37.6 Å². The van der Waals surface area contributed by atoms with E-state index in [1.54, 1.807) is 48.3 Å². The van der Waals surface area contributed by atoms with Crippen molar-refractivity contribution in [3.8, 4) is 10.4 Å². The number of carbonyl (C=O) groups excluding carboxylic acids is 3. The number of anilines is 2. The van der Waals surface area contributed by atoms with Crippen LogP contribution in [0.15, 0.2) is 42.9 Å². The molecule has 1 N–H and O–H groups in total. The Morgan fingerprint density at radius 2 is 1.84 bits per heavy atom. The molecule has 2 amide bonds. The van der Waals surface area contributed by atoms with E-state index < -0.39 is 5.97 Å². The van der Waals surface area contributed by atoms with Crippen molar-refractivity contribution in [1.29, 1.82) is 0 Å². The lowest BCUT2D eigenvalue weighted by Crippen LogP contribution is -2.40. The summed E-state index contributed by atoms with van der Waals surface area (Å²) in [6.07, 6.45) is 6.96. The summed E-state index contributed by atoms with van der Waals surface area (Å²) in [5.74, 6) is -0.200. The zero-order valence-corrected chi connectivity index (χ0v) is 23.0. The van der Waals surface area contributed by atoms with Crippen LogP contribution in [0.2, 0.25) is 0 Å². The zero-order chi connectivity index (χ0) is 27.2. The summed E-state index contributed by atoms with van der Waals surface area (Å²) < 4.78 is 12.1. The quantitative estimate of drug-likeness (QED) is 0.385. The number of imidazole rings is 1. The molecule has 1 fully saturated rings. The number of hydrogen-bond donors (Lipinski definition) is 1. The molecule has 1 saturated carbocycles. The van der Waals surface area contributed by atoms with Gasteiger partial charge in [-0.3, -0.25) is 9.59 Å². The van der Waals surface area contributed by atoms with E-state index in [0.29, 0.717) is 41.0 Å². The van der Waals surface area contributed by atoms with Crippen LogP contribution in [-0.2, 0) is 21.3 Å². The predicted octanol–water partition coefficient (Wildman–Crippen LogP) is 4.99. The summed E-state index contributed by atoms with van der Waals surface area (Å²) in [6, 6.07) is 9.20. The average Bonchev–Trinajstić information content (AvgIpc) is 3.56. The minimum atomic E-state index is -0.483. The topological polar surface area (TPSA) is 103 Å². The summed E-state index contributed by atoms with van der Waals surface area (Å²) in [6.45, 7) is 2.92. The molecule has 0 saturated heterocycles. The molecule has 0 aliphatic heterocycles. The second-order valence-electron chi connectivity index (χ2n) is 9.71. The molecule has 1 aromatic carbocycles. The van der Waals surface area contributed by atoms with Gasteiger partial charge in [-0.1, -0.05) is 19.1 Å². The third-order valence-electron chi connectivity index (χ3n) is 6.89. The number of carbonyl (C=O) groups is 3. The van der Waals surface area contributed by atoms with E-state index in [0.717, 1.165) is 36.1 Å². The lowest BCUT2D eigenvalue weighted by molar-refractivity contribution is -0.123. The van der Waals surface area contributed by atoms with E-state index in [1.807, 2.05) is 18.2 Å². The van der Waals surface area contributed by atoms with Gasteiger partial charge in [0.05, 0.1) is 25.7 Å². The number of nitrogens with zero attached hydrogens (tertiary/aromatic N) is 3. The minimum absolute atomic E-state index is 0.0241. The Kier molecular flexibility index (Phi) is 8.96. The van der Waals surface area contributed by atoms with Gasteiger partial charge in [-0.25, -0.2) is 9.78 Å². The van der Waals surface area contributed by atoms with E-state index in [1.165, 1.54) is 18.4 Å². The normalized spacial score (nSPS) is 17.2. The third-order valence-corrected chi connectivity index (χ3v) is 8.04. The van der Waals surface area contributed by atoms with Gasteiger partial charge in [-0.15, -0.1) is 11.3 Å². The van der Waals surface area contributed by atoms with Crippen LogP contribution in [0.25, 0.3) is 10.4 Å². The highest BCUT2D eigenvalue weighted by Gasteiger charge is 2.32. The van der Waals surface area contributed by atoms with Crippen LogP contribution in [0.1, 0.15) is 52.8 Å². The molecule has 2 aromatic heterocycles. The number of hydrogen-bond acceptors (Lipinski definition) is 7. The molecular weight excluding hydrogens is 504 g/mol. The summed E-state index contributed by atoms with van der Waals surface area (Å²) in [7, 11) is 4.74. The first-order valence-corrected chi connectivity index (χ1v) is 13.5. The van der Waals surface area contributed by atoms with Crippen molar-refractivity contribution in [2.45, 2.75) is 32.6 Å². The molecule has 1 aliphatic carbocycles. The number of nitrogens with one attached hydrogen (secondary N) is 1.